The third-order valence-corrected chi connectivity index (χ3v) is 8.04. The van der Waals surface area contributed by atoms with E-state index in [1.54, 1.807) is 14.2 Å². The van der Waals surface area contributed by atoms with Crippen molar-refractivity contribution >= 4 is 17.5 Å². The number of benzene rings is 2. The Kier molecular flexibility index (Phi) is 7.96. The summed E-state index contributed by atoms with van der Waals surface area (Å²) in [5.41, 5.74) is 3.52. The summed E-state index contributed by atoms with van der Waals surface area (Å²) in [5, 5.41) is 0. The van der Waals surface area contributed by atoms with Crippen LogP contribution in [0.2, 0.25) is 0 Å². The van der Waals surface area contributed by atoms with E-state index in [0.29, 0.717) is 11.5 Å². The zero-order valence-electron chi connectivity index (χ0n) is 23.4. The van der Waals surface area contributed by atoms with Crippen LogP contribution in [-0.2, 0) is 9.59 Å². The molecule has 0 radical (unpaired) electrons. The van der Waals surface area contributed by atoms with E-state index in [1.165, 1.54) is 0 Å². The fraction of sp³-hybridized carbons (Fsp3) is 0.438. The number of rotatable bonds is 11. The number of methoxy groups -OCH3 is 2. The van der Waals surface area contributed by atoms with E-state index in [-0.39, 0.29) is 30.3 Å². The quantitative estimate of drug-likeness (QED) is 0.299. The SMILES string of the molecule is CCCCC(CC)C(=O)N(CC(=O)N1c2ccccc2-n2cccc2C1c1cc(OC)ccc1OC)C1CC1. The van der Waals surface area contributed by atoms with E-state index in [0.717, 1.165) is 61.2 Å². The second-order valence-corrected chi connectivity index (χ2v) is 10.5. The summed E-state index contributed by atoms with van der Waals surface area (Å²) in [6, 6.07) is 17.4. The zero-order chi connectivity index (χ0) is 27.5. The van der Waals surface area contributed by atoms with Crippen LogP contribution in [0.4, 0.5) is 5.69 Å². The van der Waals surface area contributed by atoms with Crippen molar-refractivity contribution in [3.8, 4) is 17.2 Å². The Hall–Kier alpha value is -3.74. The number of hydrogen-bond acceptors (Lipinski definition) is 4. The maximum Gasteiger partial charge on any atom is 0.247 e. The van der Waals surface area contributed by atoms with Crippen LogP contribution in [0.25, 0.3) is 5.69 Å². The lowest BCUT2D eigenvalue weighted by molar-refractivity contribution is -0.139. The first-order valence-corrected chi connectivity index (χ1v) is 14.1. The number of para-hydroxylation sites is 2. The molecule has 2 heterocycles. The van der Waals surface area contributed by atoms with Crippen LogP contribution >= 0.6 is 0 Å². The van der Waals surface area contributed by atoms with Gasteiger partial charge >= 0.3 is 0 Å². The van der Waals surface area contributed by atoms with Crippen molar-refractivity contribution in [3.05, 3.63) is 72.1 Å². The van der Waals surface area contributed by atoms with Gasteiger partial charge in [-0.05, 0) is 68.1 Å². The summed E-state index contributed by atoms with van der Waals surface area (Å²) in [5.74, 6) is 1.33. The largest absolute Gasteiger partial charge is 0.497 e. The van der Waals surface area contributed by atoms with Crippen molar-refractivity contribution in [1.82, 2.24) is 9.47 Å². The third-order valence-electron chi connectivity index (χ3n) is 8.04. The van der Waals surface area contributed by atoms with Gasteiger partial charge in [0.1, 0.15) is 24.1 Å². The molecule has 1 aliphatic heterocycles. The molecule has 1 fully saturated rings. The normalized spacial score (nSPS) is 16.7. The number of amides is 2. The Morgan fingerprint density at radius 1 is 1.00 bits per heavy atom. The Balaban J connectivity index is 1.58. The van der Waals surface area contributed by atoms with Gasteiger partial charge in [0.2, 0.25) is 11.8 Å². The number of hydrogen-bond donors (Lipinski definition) is 0. The van der Waals surface area contributed by atoms with Crippen molar-refractivity contribution in [2.45, 2.75) is 64.5 Å². The zero-order valence-corrected chi connectivity index (χ0v) is 23.4. The minimum absolute atomic E-state index is 0.0431. The molecule has 2 atom stereocenters. The first kappa shape index (κ1) is 26.9. The van der Waals surface area contributed by atoms with Crippen LogP contribution in [0.15, 0.2) is 60.8 Å². The van der Waals surface area contributed by atoms with Crippen molar-refractivity contribution in [3.63, 3.8) is 0 Å². The van der Waals surface area contributed by atoms with Crippen molar-refractivity contribution < 1.29 is 19.1 Å². The maximum absolute atomic E-state index is 14.5. The molecule has 0 N–H and O–H groups in total. The lowest BCUT2D eigenvalue weighted by Gasteiger charge is -2.40. The first-order chi connectivity index (χ1) is 19.0. The minimum Gasteiger partial charge on any atom is -0.497 e. The number of fused-ring (bicyclic) bond motifs is 3. The molecule has 206 valence electrons. The number of carbonyl (C=O) groups is 2. The number of nitrogens with zero attached hydrogens (tertiary/aromatic N) is 3. The number of ether oxygens (including phenoxy) is 2. The predicted molar refractivity (Wildman–Crippen MR) is 153 cm³/mol. The highest BCUT2D eigenvalue weighted by molar-refractivity contribution is 6.00. The number of unbranched alkanes of at least 4 members (excludes halogenated alkanes) is 1. The monoisotopic (exact) mass is 529 g/mol. The molecule has 0 saturated heterocycles. The average molecular weight is 530 g/mol. The van der Waals surface area contributed by atoms with Gasteiger partial charge in [0.25, 0.3) is 0 Å². The molecule has 3 aromatic rings. The first-order valence-electron chi connectivity index (χ1n) is 14.1. The summed E-state index contributed by atoms with van der Waals surface area (Å²) < 4.78 is 13.5. The molecule has 1 aliphatic carbocycles. The van der Waals surface area contributed by atoms with Gasteiger partial charge in [0, 0.05) is 23.7 Å². The molecular weight excluding hydrogens is 490 g/mol. The smallest absolute Gasteiger partial charge is 0.247 e. The number of aromatic nitrogens is 1. The van der Waals surface area contributed by atoms with Gasteiger partial charge in [-0.3, -0.25) is 14.5 Å². The second kappa shape index (κ2) is 11.6. The van der Waals surface area contributed by atoms with Crippen LogP contribution in [-0.4, -0.2) is 48.1 Å². The van der Waals surface area contributed by atoms with E-state index < -0.39 is 6.04 Å². The molecule has 1 saturated carbocycles. The van der Waals surface area contributed by atoms with Crippen LogP contribution < -0.4 is 14.4 Å². The molecule has 2 unspecified atom stereocenters. The van der Waals surface area contributed by atoms with Crippen molar-refractivity contribution in [2.75, 3.05) is 25.7 Å². The van der Waals surface area contributed by atoms with Gasteiger partial charge in [-0.15, -0.1) is 0 Å². The third kappa shape index (κ3) is 5.14. The molecular formula is C32H39N3O4. The van der Waals surface area contributed by atoms with Crippen molar-refractivity contribution in [1.29, 1.82) is 0 Å². The molecule has 1 aromatic heterocycles. The summed E-state index contributed by atoms with van der Waals surface area (Å²) in [4.78, 5) is 31.9. The van der Waals surface area contributed by atoms with Crippen molar-refractivity contribution in [2.24, 2.45) is 5.92 Å². The van der Waals surface area contributed by atoms with Gasteiger partial charge < -0.3 is 18.9 Å². The van der Waals surface area contributed by atoms with Gasteiger partial charge in [-0.2, -0.15) is 0 Å². The molecule has 2 aliphatic rings. The van der Waals surface area contributed by atoms with Gasteiger partial charge in [0.15, 0.2) is 0 Å². The second-order valence-electron chi connectivity index (χ2n) is 10.5. The fourth-order valence-corrected chi connectivity index (χ4v) is 5.79. The fourth-order valence-electron chi connectivity index (χ4n) is 5.79. The van der Waals surface area contributed by atoms with Crippen LogP contribution in [0.3, 0.4) is 0 Å². The van der Waals surface area contributed by atoms with E-state index in [1.807, 2.05) is 70.6 Å². The molecule has 7 nitrogen and oxygen atoms in total. The predicted octanol–water partition coefficient (Wildman–Crippen LogP) is 6.14. The Morgan fingerprint density at radius 3 is 2.44 bits per heavy atom. The molecule has 2 aromatic carbocycles. The number of carbonyl (C=O) groups excluding carboxylic acids is 2. The lowest BCUT2D eigenvalue weighted by Crippen LogP contribution is -2.48. The maximum atomic E-state index is 14.5. The molecule has 7 heteroatoms. The van der Waals surface area contributed by atoms with E-state index in [2.05, 4.69) is 18.4 Å². The van der Waals surface area contributed by atoms with Crippen LogP contribution in [0.5, 0.6) is 11.5 Å². The Morgan fingerprint density at radius 2 is 1.77 bits per heavy atom. The Bertz CT molecular complexity index is 1330. The number of anilines is 1. The Labute approximate surface area is 231 Å². The highest BCUT2D eigenvalue weighted by Gasteiger charge is 2.41. The van der Waals surface area contributed by atoms with Crippen LogP contribution in [0, 0.1) is 5.92 Å². The summed E-state index contributed by atoms with van der Waals surface area (Å²) in [7, 11) is 3.27. The molecule has 0 bridgehead atoms. The molecule has 39 heavy (non-hydrogen) atoms. The standard InChI is InChI=1S/C32H39N3O4/c1-5-7-11-22(6-2)32(37)34(23-15-16-23)21-30(36)35-27-13-9-8-12-26(27)33-19-10-14-28(33)31(35)25-20-24(38-3)17-18-29(25)39-4/h8-10,12-14,17-20,22-23,31H,5-7,11,15-16,21H2,1-4H3. The molecule has 2 amide bonds. The minimum atomic E-state index is -0.453. The topological polar surface area (TPSA) is 64.0 Å². The summed E-state index contributed by atoms with van der Waals surface area (Å²) in [6.07, 6.45) is 7.67. The molecule has 0 spiro atoms. The highest BCUT2D eigenvalue weighted by atomic mass is 16.5. The van der Waals surface area contributed by atoms with Gasteiger partial charge in [-0.1, -0.05) is 38.8 Å². The molecule has 5 rings (SSSR count). The van der Waals surface area contributed by atoms with Gasteiger partial charge in [-0.25, -0.2) is 0 Å². The van der Waals surface area contributed by atoms with Gasteiger partial charge in [0.05, 0.1) is 31.3 Å². The van der Waals surface area contributed by atoms with Crippen LogP contribution in [0.1, 0.15) is 69.7 Å². The summed E-state index contributed by atoms with van der Waals surface area (Å²) >= 11 is 0. The average Bonchev–Trinajstić information content (AvgIpc) is 3.69. The lowest BCUT2D eigenvalue weighted by atomic mass is 9.96. The van der Waals surface area contributed by atoms with E-state index >= 15 is 0 Å². The van der Waals surface area contributed by atoms with E-state index in [4.69, 9.17) is 9.47 Å². The summed E-state index contributed by atoms with van der Waals surface area (Å²) in [6.45, 7) is 4.28. The highest BCUT2D eigenvalue weighted by Crippen LogP contribution is 2.45. The van der Waals surface area contributed by atoms with E-state index in [9.17, 15) is 9.59 Å².